The van der Waals surface area contributed by atoms with E-state index in [1.807, 2.05) is 18.2 Å². The quantitative estimate of drug-likeness (QED) is 0.892. The number of aromatic nitrogens is 1. The van der Waals surface area contributed by atoms with Crippen molar-refractivity contribution in [2.24, 2.45) is 0 Å². The van der Waals surface area contributed by atoms with Crippen molar-refractivity contribution in [1.29, 1.82) is 0 Å². The normalized spacial score (nSPS) is 16.7. The van der Waals surface area contributed by atoms with E-state index in [0.29, 0.717) is 5.69 Å². The summed E-state index contributed by atoms with van der Waals surface area (Å²) in [6.45, 7) is 0. The van der Waals surface area contributed by atoms with Crippen LogP contribution in [0.3, 0.4) is 0 Å². The lowest BCUT2D eigenvalue weighted by molar-refractivity contribution is 0.0818. The molecule has 0 atom stereocenters. The molecule has 0 spiro atoms. The van der Waals surface area contributed by atoms with Crippen LogP contribution in [0.1, 0.15) is 35.3 Å². The maximum Gasteiger partial charge on any atom is 0.268 e. The topological polar surface area (TPSA) is 44.9 Å². The Bertz CT molecular complexity index is 587. The molecule has 0 bridgehead atoms. The molecular formula is C15H15BrN2O. The maximum atomic E-state index is 12.3. The molecule has 0 saturated heterocycles. The maximum absolute atomic E-state index is 12.3. The fraction of sp³-hybridized carbons (Fsp3) is 0.267. The van der Waals surface area contributed by atoms with Crippen molar-refractivity contribution in [3.8, 4) is 0 Å². The standard InChI is InChI=1S/C15H15BrN2O/c16-12-9-13(17-10-12)14(19)18-15(7-4-8-15)11-5-2-1-3-6-11/h1-3,5-6,9-10,17H,4,7-8H2,(H,18,19). The predicted octanol–water partition coefficient (Wildman–Crippen LogP) is 3.59. The van der Waals surface area contributed by atoms with Crippen molar-refractivity contribution in [2.45, 2.75) is 24.8 Å². The predicted molar refractivity (Wildman–Crippen MR) is 77.9 cm³/mol. The summed E-state index contributed by atoms with van der Waals surface area (Å²) in [5, 5.41) is 3.18. The zero-order valence-electron chi connectivity index (χ0n) is 10.4. The number of carbonyl (C=O) groups excluding carboxylic acids is 1. The fourth-order valence-electron chi connectivity index (χ4n) is 2.56. The number of H-pyrrole nitrogens is 1. The van der Waals surface area contributed by atoms with E-state index in [4.69, 9.17) is 0 Å². The van der Waals surface area contributed by atoms with Gasteiger partial charge in [-0.05, 0) is 46.8 Å². The number of amides is 1. The third-order valence-electron chi connectivity index (χ3n) is 3.78. The zero-order valence-corrected chi connectivity index (χ0v) is 12.0. The van der Waals surface area contributed by atoms with E-state index < -0.39 is 0 Å². The molecule has 98 valence electrons. The number of carbonyl (C=O) groups is 1. The highest BCUT2D eigenvalue weighted by atomic mass is 79.9. The van der Waals surface area contributed by atoms with Gasteiger partial charge < -0.3 is 10.3 Å². The Morgan fingerprint density at radius 2 is 2.00 bits per heavy atom. The van der Waals surface area contributed by atoms with Crippen LogP contribution >= 0.6 is 15.9 Å². The molecular weight excluding hydrogens is 304 g/mol. The number of hydrogen-bond acceptors (Lipinski definition) is 1. The number of hydrogen-bond donors (Lipinski definition) is 2. The van der Waals surface area contributed by atoms with Crippen LogP contribution in [0, 0.1) is 0 Å². The van der Waals surface area contributed by atoms with E-state index in [2.05, 4.69) is 38.4 Å². The molecule has 0 radical (unpaired) electrons. The first-order valence-electron chi connectivity index (χ1n) is 6.42. The summed E-state index contributed by atoms with van der Waals surface area (Å²) in [6, 6.07) is 12.0. The summed E-state index contributed by atoms with van der Waals surface area (Å²) in [4.78, 5) is 15.2. The molecule has 19 heavy (non-hydrogen) atoms. The Morgan fingerprint density at radius 1 is 1.26 bits per heavy atom. The van der Waals surface area contributed by atoms with E-state index in [1.165, 1.54) is 5.56 Å². The second kappa shape index (κ2) is 4.85. The van der Waals surface area contributed by atoms with Gasteiger partial charge in [-0.2, -0.15) is 0 Å². The van der Waals surface area contributed by atoms with Crippen LogP contribution in [-0.4, -0.2) is 10.9 Å². The van der Waals surface area contributed by atoms with Crippen LogP contribution in [0.4, 0.5) is 0 Å². The summed E-state index contributed by atoms with van der Waals surface area (Å²) >= 11 is 3.34. The third kappa shape index (κ3) is 2.32. The molecule has 1 fully saturated rings. The van der Waals surface area contributed by atoms with Crippen LogP contribution in [0.15, 0.2) is 47.1 Å². The second-order valence-corrected chi connectivity index (χ2v) is 5.90. The fourth-order valence-corrected chi connectivity index (χ4v) is 2.90. The molecule has 1 aliphatic rings. The molecule has 0 aliphatic heterocycles. The Morgan fingerprint density at radius 3 is 2.53 bits per heavy atom. The van der Waals surface area contributed by atoms with Crippen molar-refractivity contribution in [3.05, 3.63) is 58.3 Å². The van der Waals surface area contributed by atoms with E-state index in [0.717, 1.165) is 23.7 Å². The van der Waals surface area contributed by atoms with E-state index >= 15 is 0 Å². The molecule has 1 aliphatic carbocycles. The van der Waals surface area contributed by atoms with E-state index in [-0.39, 0.29) is 11.4 Å². The van der Waals surface area contributed by atoms with Gasteiger partial charge in [-0.25, -0.2) is 0 Å². The van der Waals surface area contributed by atoms with Crippen LogP contribution in [0.5, 0.6) is 0 Å². The van der Waals surface area contributed by atoms with Crippen molar-refractivity contribution in [1.82, 2.24) is 10.3 Å². The minimum atomic E-state index is -0.185. The molecule has 0 unspecified atom stereocenters. The first-order chi connectivity index (χ1) is 9.20. The van der Waals surface area contributed by atoms with Gasteiger partial charge in [-0.15, -0.1) is 0 Å². The highest BCUT2D eigenvalue weighted by Crippen LogP contribution is 2.41. The number of benzene rings is 1. The van der Waals surface area contributed by atoms with Crippen LogP contribution in [0.25, 0.3) is 0 Å². The van der Waals surface area contributed by atoms with Gasteiger partial charge in [-0.3, -0.25) is 4.79 Å². The first kappa shape index (κ1) is 12.5. The lowest BCUT2D eigenvalue weighted by Gasteiger charge is -2.43. The summed E-state index contributed by atoms with van der Waals surface area (Å²) in [5.74, 6) is -0.0470. The number of aromatic amines is 1. The van der Waals surface area contributed by atoms with Gasteiger partial charge >= 0.3 is 0 Å². The molecule has 1 saturated carbocycles. The molecule has 4 heteroatoms. The number of rotatable bonds is 3. The Kier molecular flexibility index (Phi) is 3.19. The van der Waals surface area contributed by atoms with Gasteiger partial charge in [0.15, 0.2) is 0 Å². The van der Waals surface area contributed by atoms with Crippen molar-refractivity contribution in [2.75, 3.05) is 0 Å². The molecule has 1 heterocycles. The third-order valence-corrected chi connectivity index (χ3v) is 4.24. The van der Waals surface area contributed by atoms with Crippen molar-refractivity contribution in [3.63, 3.8) is 0 Å². The largest absolute Gasteiger partial charge is 0.356 e. The minimum Gasteiger partial charge on any atom is -0.356 e. The molecule has 1 amide bonds. The molecule has 2 N–H and O–H groups in total. The van der Waals surface area contributed by atoms with Gasteiger partial charge in [0.2, 0.25) is 0 Å². The van der Waals surface area contributed by atoms with Gasteiger partial charge in [0.25, 0.3) is 5.91 Å². The molecule has 3 nitrogen and oxygen atoms in total. The zero-order chi connectivity index (χ0) is 13.3. The monoisotopic (exact) mass is 318 g/mol. The number of nitrogens with one attached hydrogen (secondary N) is 2. The SMILES string of the molecule is O=C(NC1(c2ccccc2)CCC1)c1cc(Br)c[nH]1. The lowest BCUT2D eigenvalue weighted by Crippen LogP contribution is -2.50. The summed E-state index contributed by atoms with van der Waals surface area (Å²) in [6.07, 6.45) is 4.93. The highest BCUT2D eigenvalue weighted by Gasteiger charge is 2.40. The van der Waals surface area contributed by atoms with E-state index in [9.17, 15) is 4.79 Å². The van der Waals surface area contributed by atoms with Gasteiger partial charge in [0.05, 0.1) is 5.54 Å². The molecule has 3 rings (SSSR count). The van der Waals surface area contributed by atoms with Crippen LogP contribution < -0.4 is 5.32 Å². The van der Waals surface area contributed by atoms with Gasteiger partial charge in [-0.1, -0.05) is 30.3 Å². The summed E-state index contributed by atoms with van der Waals surface area (Å²) in [5.41, 5.74) is 1.60. The molecule has 1 aromatic heterocycles. The Labute approximate surface area is 120 Å². The smallest absolute Gasteiger partial charge is 0.268 e. The van der Waals surface area contributed by atoms with Crippen LogP contribution in [0.2, 0.25) is 0 Å². The Balaban J connectivity index is 1.82. The lowest BCUT2D eigenvalue weighted by atomic mass is 9.71. The Hall–Kier alpha value is -1.55. The molecule has 2 aromatic rings. The van der Waals surface area contributed by atoms with Gasteiger partial charge in [0, 0.05) is 10.7 Å². The second-order valence-electron chi connectivity index (χ2n) is 4.99. The summed E-state index contributed by atoms with van der Waals surface area (Å²) in [7, 11) is 0. The number of halogens is 1. The minimum absolute atomic E-state index is 0.0470. The van der Waals surface area contributed by atoms with Crippen molar-refractivity contribution >= 4 is 21.8 Å². The van der Waals surface area contributed by atoms with Gasteiger partial charge in [0.1, 0.15) is 5.69 Å². The summed E-state index contributed by atoms with van der Waals surface area (Å²) < 4.78 is 0.889. The molecule has 1 aromatic carbocycles. The average molecular weight is 319 g/mol. The average Bonchev–Trinajstić information content (AvgIpc) is 2.81. The van der Waals surface area contributed by atoms with E-state index in [1.54, 1.807) is 12.3 Å². The highest BCUT2D eigenvalue weighted by molar-refractivity contribution is 9.10. The van der Waals surface area contributed by atoms with Crippen LogP contribution in [-0.2, 0) is 5.54 Å². The first-order valence-corrected chi connectivity index (χ1v) is 7.21. The van der Waals surface area contributed by atoms with Crippen molar-refractivity contribution < 1.29 is 4.79 Å².